The molecule has 1 atom stereocenters. The van der Waals surface area contributed by atoms with Crippen molar-refractivity contribution in [3.63, 3.8) is 0 Å². The molecule has 0 aliphatic carbocycles. The van der Waals surface area contributed by atoms with E-state index in [9.17, 15) is 0 Å². The minimum atomic E-state index is 0.374. The smallest absolute Gasteiger partial charge is 0.134 e. The van der Waals surface area contributed by atoms with Crippen LogP contribution in [0.4, 0.5) is 5.82 Å². The topological polar surface area (TPSA) is 41.1 Å². The molecule has 5 heteroatoms. The molecule has 0 bridgehead atoms. The number of aryl methyl sites for hydroxylation is 1. The Labute approximate surface area is 107 Å². The number of halogens is 1. The van der Waals surface area contributed by atoms with Gasteiger partial charge in [0.1, 0.15) is 16.8 Å². The normalized spacial score (nSPS) is 18.3. The summed E-state index contributed by atoms with van der Waals surface area (Å²) in [7, 11) is 0. The van der Waals surface area contributed by atoms with Gasteiger partial charge in [0.15, 0.2) is 0 Å². The van der Waals surface area contributed by atoms with E-state index >= 15 is 0 Å². The van der Waals surface area contributed by atoms with Gasteiger partial charge in [0.25, 0.3) is 0 Å². The molecule has 94 valence electrons. The van der Waals surface area contributed by atoms with Crippen molar-refractivity contribution in [3.8, 4) is 0 Å². The van der Waals surface area contributed by atoms with Crippen molar-refractivity contribution in [2.24, 2.45) is 0 Å². The molecule has 1 N–H and O–H groups in total. The van der Waals surface area contributed by atoms with Crippen molar-refractivity contribution in [2.75, 3.05) is 25.0 Å². The van der Waals surface area contributed by atoms with Gasteiger partial charge in [-0.15, -0.1) is 0 Å². The number of rotatable bonds is 4. The van der Waals surface area contributed by atoms with Crippen LogP contribution in [-0.2, 0) is 0 Å². The first-order valence-electron chi connectivity index (χ1n) is 6.13. The number of hydrogen-bond donors (Lipinski definition) is 1. The van der Waals surface area contributed by atoms with Crippen molar-refractivity contribution < 1.29 is 0 Å². The van der Waals surface area contributed by atoms with Crippen LogP contribution in [0.3, 0.4) is 0 Å². The molecule has 0 spiro atoms. The van der Waals surface area contributed by atoms with Gasteiger partial charge in [0, 0.05) is 18.7 Å². The number of anilines is 1. The highest BCUT2D eigenvalue weighted by molar-refractivity contribution is 6.29. The third-order valence-electron chi connectivity index (χ3n) is 2.93. The highest BCUT2D eigenvalue weighted by atomic mass is 35.5. The van der Waals surface area contributed by atoms with Crippen LogP contribution >= 0.6 is 11.6 Å². The van der Waals surface area contributed by atoms with E-state index in [0.717, 1.165) is 12.4 Å². The Morgan fingerprint density at radius 3 is 2.76 bits per heavy atom. The van der Waals surface area contributed by atoms with Crippen LogP contribution in [0, 0.1) is 6.92 Å². The zero-order chi connectivity index (χ0) is 12.3. The summed E-state index contributed by atoms with van der Waals surface area (Å²) in [6.45, 7) is 7.51. The highest BCUT2D eigenvalue weighted by Gasteiger charge is 2.14. The Hall–Kier alpha value is -0.870. The molecular formula is C12H19ClN4. The van der Waals surface area contributed by atoms with E-state index in [1.165, 1.54) is 25.9 Å². The van der Waals surface area contributed by atoms with Gasteiger partial charge in [-0.1, -0.05) is 11.6 Å². The lowest BCUT2D eigenvalue weighted by Gasteiger charge is -2.21. The second kappa shape index (κ2) is 5.65. The van der Waals surface area contributed by atoms with Crippen molar-refractivity contribution >= 4 is 17.4 Å². The largest absolute Gasteiger partial charge is 0.366 e. The average molecular weight is 255 g/mol. The van der Waals surface area contributed by atoms with Gasteiger partial charge in [-0.2, -0.15) is 0 Å². The second-order valence-corrected chi connectivity index (χ2v) is 5.06. The van der Waals surface area contributed by atoms with Crippen LogP contribution in [0.2, 0.25) is 5.15 Å². The summed E-state index contributed by atoms with van der Waals surface area (Å²) in [6, 6.07) is 2.15. The first-order valence-corrected chi connectivity index (χ1v) is 6.51. The average Bonchev–Trinajstić information content (AvgIpc) is 2.67. The molecule has 1 unspecified atom stereocenters. The molecule has 0 aromatic carbocycles. The molecule has 17 heavy (non-hydrogen) atoms. The molecule has 1 aromatic heterocycles. The van der Waals surface area contributed by atoms with Crippen LogP contribution in [0.1, 0.15) is 25.6 Å². The second-order valence-electron chi connectivity index (χ2n) is 4.68. The van der Waals surface area contributed by atoms with Crippen LogP contribution < -0.4 is 5.32 Å². The monoisotopic (exact) mass is 254 g/mol. The molecule has 0 radical (unpaired) electrons. The molecular weight excluding hydrogens is 236 g/mol. The number of nitrogens with one attached hydrogen (secondary N) is 1. The maximum absolute atomic E-state index is 5.90. The minimum absolute atomic E-state index is 0.374. The van der Waals surface area contributed by atoms with Crippen LogP contribution in [0.25, 0.3) is 0 Å². The summed E-state index contributed by atoms with van der Waals surface area (Å²) in [5.74, 6) is 1.52. The quantitative estimate of drug-likeness (QED) is 0.838. The van der Waals surface area contributed by atoms with Gasteiger partial charge in [-0.05, 0) is 39.8 Å². The molecule has 1 aliphatic heterocycles. The molecule has 4 nitrogen and oxygen atoms in total. The first kappa shape index (κ1) is 12.6. The van der Waals surface area contributed by atoms with E-state index in [1.54, 1.807) is 6.07 Å². The lowest BCUT2D eigenvalue weighted by atomic mass is 10.3. The molecule has 1 fully saturated rings. The number of nitrogens with zero attached hydrogens (tertiary/aromatic N) is 3. The zero-order valence-corrected chi connectivity index (χ0v) is 11.2. The fraction of sp³-hybridized carbons (Fsp3) is 0.667. The SMILES string of the molecule is Cc1nc(Cl)cc(NC(C)CN2CCCC2)n1. The van der Waals surface area contributed by atoms with E-state index in [4.69, 9.17) is 11.6 Å². The first-order chi connectivity index (χ1) is 8.13. The zero-order valence-electron chi connectivity index (χ0n) is 10.4. The molecule has 2 heterocycles. The third kappa shape index (κ3) is 3.82. The number of hydrogen-bond acceptors (Lipinski definition) is 4. The van der Waals surface area contributed by atoms with Gasteiger partial charge in [0.05, 0.1) is 0 Å². The van der Waals surface area contributed by atoms with E-state index in [0.29, 0.717) is 17.0 Å². The maximum Gasteiger partial charge on any atom is 0.134 e. The number of likely N-dealkylation sites (tertiary alicyclic amines) is 1. The Morgan fingerprint density at radius 2 is 2.12 bits per heavy atom. The van der Waals surface area contributed by atoms with E-state index in [2.05, 4.69) is 27.1 Å². The van der Waals surface area contributed by atoms with Gasteiger partial charge in [-0.25, -0.2) is 9.97 Å². The van der Waals surface area contributed by atoms with E-state index in [1.807, 2.05) is 6.92 Å². The predicted octanol–water partition coefficient (Wildman–Crippen LogP) is 2.33. The van der Waals surface area contributed by atoms with Gasteiger partial charge in [0.2, 0.25) is 0 Å². The van der Waals surface area contributed by atoms with Crippen molar-refractivity contribution in [1.29, 1.82) is 0 Å². The molecule has 0 saturated carbocycles. The van der Waals surface area contributed by atoms with E-state index in [-0.39, 0.29) is 0 Å². The van der Waals surface area contributed by atoms with Crippen LogP contribution in [-0.4, -0.2) is 40.5 Å². The molecule has 2 rings (SSSR count). The lowest BCUT2D eigenvalue weighted by molar-refractivity contribution is 0.327. The Bertz CT molecular complexity index is 357. The Kier molecular flexibility index (Phi) is 4.18. The molecule has 1 saturated heterocycles. The lowest BCUT2D eigenvalue weighted by Crippen LogP contribution is -2.33. The van der Waals surface area contributed by atoms with Crippen LogP contribution in [0.5, 0.6) is 0 Å². The number of aromatic nitrogens is 2. The fourth-order valence-electron chi connectivity index (χ4n) is 2.26. The Balaban J connectivity index is 1.90. The summed E-state index contributed by atoms with van der Waals surface area (Å²) in [5.41, 5.74) is 0. The maximum atomic E-state index is 5.90. The van der Waals surface area contributed by atoms with Gasteiger partial charge >= 0.3 is 0 Å². The highest BCUT2D eigenvalue weighted by Crippen LogP contribution is 2.13. The fourth-order valence-corrected chi connectivity index (χ4v) is 2.48. The molecule has 1 aliphatic rings. The van der Waals surface area contributed by atoms with Gasteiger partial charge in [-0.3, -0.25) is 0 Å². The molecule has 0 amide bonds. The predicted molar refractivity (Wildman–Crippen MR) is 70.5 cm³/mol. The third-order valence-corrected chi connectivity index (χ3v) is 3.13. The standard InChI is InChI=1S/C12H19ClN4/c1-9(8-17-5-3-4-6-17)14-12-7-11(13)15-10(2)16-12/h7,9H,3-6,8H2,1-2H3,(H,14,15,16). The Morgan fingerprint density at radius 1 is 1.41 bits per heavy atom. The minimum Gasteiger partial charge on any atom is -0.366 e. The summed E-state index contributed by atoms with van der Waals surface area (Å²) in [4.78, 5) is 10.9. The summed E-state index contributed by atoms with van der Waals surface area (Å²) >= 11 is 5.90. The van der Waals surface area contributed by atoms with E-state index < -0.39 is 0 Å². The summed E-state index contributed by atoms with van der Waals surface area (Å²) < 4.78 is 0. The summed E-state index contributed by atoms with van der Waals surface area (Å²) in [6.07, 6.45) is 2.65. The van der Waals surface area contributed by atoms with Crippen molar-refractivity contribution in [2.45, 2.75) is 32.7 Å². The molecule has 1 aromatic rings. The van der Waals surface area contributed by atoms with Gasteiger partial charge < -0.3 is 10.2 Å². The van der Waals surface area contributed by atoms with Crippen molar-refractivity contribution in [3.05, 3.63) is 17.0 Å². The summed E-state index contributed by atoms with van der Waals surface area (Å²) in [5, 5.41) is 3.87. The van der Waals surface area contributed by atoms with Crippen LogP contribution in [0.15, 0.2) is 6.07 Å². The van der Waals surface area contributed by atoms with Crippen molar-refractivity contribution in [1.82, 2.24) is 14.9 Å².